The monoisotopic (exact) mass is 318 g/mol. The van der Waals surface area contributed by atoms with E-state index in [9.17, 15) is 4.21 Å². The van der Waals surface area contributed by atoms with Gasteiger partial charge in [0.2, 0.25) is 0 Å². The number of benzene rings is 3. The third kappa shape index (κ3) is 2.01. The van der Waals surface area contributed by atoms with E-state index < -0.39 is 10.8 Å². The Hall–Kier alpha value is -1.93. The minimum absolute atomic E-state index is 0.265. The first kappa shape index (κ1) is 13.5. The van der Waals surface area contributed by atoms with Crippen molar-refractivity contribution in [2.75, 3.05) is 0 Å². The molecule has 5 rings (SSSR count). The van der Waals surface area contributed by atoms with E-state index in [0.717, 1.165) is 19.3 Å². The van der Waals surface area contributed by atoms with E-state index >= 15 is 0 Å². The molecule has 2 aliphatic rings. The van der Waals surface area contributed by atoms with Crippen molar-refractivity contribution in [3.63, 3.8) is 0 Å². The van der Waals surface area contributed by atoms with Crippen LogP contribution in [0.1, 0.15) is 24.8 Å². The molecule has 3 aromatic carbocycles. The second-order valence-electron chi connectivity index (χ2n) is 6.66. The first-order valence-corrected chi connectivity index (χ1v) is 9.60. The average Bonchev–Trinajstić information content (AvgIpc) is 2.81. The Kier molecular flexibility index (Phi) is 2.96. The fourth-order valence-electron chi connectivity index (χ4n) is 4.25. The Morgan fingerprint density at radius 2 is 1.52 bits per heavy atom. The van der Waals surface area contributed by atoms with Crippen LogP contribution in [0.2, 0.25) is 0 Å². The predicted octanol–water partition coefficient (Wildman–Crippen LogP) is 5.06. The molecule has 3 aromatic rings. The number of fused-ring (bicyclic) bond motifs is 4. The fourth-order valence-corrected chi connectivity index (χ4v) is 6.12. The Labute approximate surface area is 138 Å². The number of rotatable bonds is 1. The molecule has 23 heavy (non-hydrogen) atoms. The second kappa shape index (κ2) is 5.04. The molecule has 0 amide bonds. The quantitative estimate of drug-likeness (QED) is 0.573. The van der Waals surface area contributed by atoms with Gasteiger partial charge in [-0.3, -0.25) is 4.21 Å². The van der Waals surface area contributed by atoms with Crippen molar-refractivity contribution in [3.8, 4) is 0 Å². The molecule has 2 aliphatic heterocycles. The van der Waals surface area contributed by atoms with Crippen LogP contribution in [-0.2, 0) is 10.8 Å². The van der Waals surface area contributed by atoms with Crippen LogP contribution in [0.25, 0.3) is 27.1 Å². The van der Waals surface area contributed by atoms with Gasteiger partial charge >= 0.3 is 0 Å². The van der Waals surface area contributed by atoms with Gasteiger partial charge in [0.1, 0.15) is 0 Å². The number of allylic oxidation sites excluding steroid dienone is 1. The van der Waals surface area contributed by atoms with Crippen molar-refractivity contribution in [2.45, 2.75) is 29.8 Å². The summed E-state index contributed by atoms with van der Waals surface area (Å²) >= 11 is 0. The molecule has 1 fully saturated rings. The second-order valence-corrected chi connectivity index (χ2v) is 8.59. The molecule has 0 spiro atoms. The Morgan fingerprint density at radius 3 is 2.17 bits per heavy atom. The van der Waals surface area contributed by atoms with E-state index in [1.54, 1.807) is 0 Å². The maximum Gasteiger partial charge on any atom is 0.0536 e. The molecule has 114 valence electrons. The van der Waals surface area contributed by atoms with Gasteiger partial charge < -0.3 is 0 Å². The molecule has 1 nitrogen and oxygen atoms in total. The molecule has 0 N–H and O–H groups in total. The van der Waals surface area contributed by atoms with Crippen LogP contribution in [0, 0.1) is 0 Å². The Morgan fingerprint density at radius 1 is 0.870 bits per heavy atom. The van der Waals surface area contributed by atoms with Crippen molar-refractivity contribution in [1.82, 2.24) is 0 Å². The van der Waals surface area contributed by atoms with Gasteiger partial charge in [0.05, 0.1) is 5.25 Å². The topological polar surface area (TPSA) is 17.1 Å². The van der Waals surface area contributed by atoms with E-state index in [2.05, 4.69) is 60.7 Å². The van der Waals surface area contributed by atoms with Crippen LogP contribution in [0.5, 0.6) is 0 Å². The summed E-state index contributed by atoms with van der Waals surface area (Å²) in [5.74, 6) is 0. The van der Waals surface area contributed by atoms with Crippen LogP contribution in [-0.4, -0.2) is 14.7 Å². The minimum atomic E-state index is -0.657. The minimum Gasteiger partial charge on any atom is -0.259 e. The molecule has 0 aromatic heterocycles. The summed E-state index contributed by atoms with van der Waals surface area (Å²) in [4.78, 5) is 0. The van der Waals surface area contributed by atoms with Crippen LogP contribution in [0.3, 0.4) is 0 Å². The first-order valence-electron chi connectivity index (χ1n) is 8.32. The number of hydrogen-bond donors (Lipinski definition) is 0. The lowest BCUT2D eigenvalue weighted by atomic mass is 9.90. The Balaban J connectivity index is 1.85. The van der Waals surface area contributed by atoms with Gasteiger partial charge in [0.15, 0.2) is 0 Å². The zero-order chi connectivity index (χ0) is 15.4. The van der Waals surface area contributed by atoms with Gasteiger partial charge in [-0.25, -0.2) is 0 Å². The van der Waals surface area contributed by atoms with E-state index in [0.29, 0.717) is 5.25 Å². The van der Waals surface area contributed by atoms with Crippen molar-refractivity contribution < 1.29 is 4.21 Å². The average molecular weight is 318 g/mol. The maximum atomic E-state index is 12.4. The summed E-state index contributed by atoms with van der Waals surface area (Å²) in [7, 11) is -0.657. The smallest absolute Gasteiger partial charge is 0.0536 e. The molecule has 2 heteroatoms. The third-order valence-corrected chi connectivity index (χ3v) is 7.36. The largest absolute Gasteiger partial charge is 0.259 e. The zero-order valence-electron chi connectivity index (χ0n) is 12.9. The van der Waals surface area contributed by atoms with Gasteiger partial charge in [0, 0.05) is 16.0 Å². The fraction of sp³-hybridized carbons (Fsp3) is 0.238. The van der Waals surface area contributed by atoms with Crippen molar-refractivity contribution in [3.05, 3.63) is 66.2 Å². The lowest BCUT2D eigenvalue weighted by Crippen LogP contribution is -2.19. The summed E-state index contributed by atoms with van der Waals surface area (Å²) in [5.41, 5.74) is 2.78. The van der Waals surface area contributed by atoms with Crippen molar-refractivity contribution >= 4 is 37.9 Å². The molecule has 2 bridgehead atoms. The summed E-state index contributed by atoms with van der Waals surface area (Å²) in [5, 5.41) is 5.86. The molecular formula is C21H18OS. The zero-order valence-corrected chi connectivity index (χ0v) is 13.7. The van der Waals surface area contributed by atoms with Gasteiger partial charge in [-0.2, -0.15) is 0 Å². The summed E-state index contributed by atoms with van der Waals surface area (Å²) in [6.45, 7) is 0. The third-order valence-electron chi connectivity index (χ3n) is 5.33. The highest BCUT2D eigenvalue weighted by molar-refractivity contribution is 7.86. The number of hydrogen-bond acceptors (Lipinski definition) is 1. The lowest BCUT2D eigenvalue weighted by molar-refractivity contribution is 0.674. The molecular weight excluding hydrogens is 300 g/mol. The van der Waals surface area contributed by atoms with E-state index in [-0.39, 0.29) is 5.25 Å². The standard InChI is InChI=1S/C21H18OS/c22-23-17-9-10-18(23)13-16(12-17)21-19-7-3-1-5-14(19)11-15-6-2-4-8-20(15)21/h1-8,11-12,17-18H,9-10,13H2. The molecule has 2 heterocycles. The molecule has 0 radical (unpaired) electrons. The molecule has 0 aliphatic carbocycles. The first-order chi connectivity index (χ1) is 11.3. The molecule has 3 unspecified atom stereocenters. The maximum absolute atomic E-state index is 12.4. The molecule has 0 saturated carbocycles. The highest BCUT2D eigenvalue weighted by Gasteiger charge is 2.36. The van der Waals surface area contributed by atoms with Crippen molar-refractivity contribution in [1.29, 1.82) is 0 Å². The lowest BCUT2D eigenvalue weighted by Gasteiger charge is -2.22. The SMILES string of the molecule is O=S1C2C=C(c3c4ccccc4cc4ccccc34)CC1CC2. The van der Waals surface area contributed by atoms with Gasteiger partial charge in [0.25, 0.3) is 0 Å². The van der Waals surface area contributed by atoms with Crippen LogP contribution in [0.15, 0.2) is 60.7 Å². The highest BCUT2D eigenvalue weighted by atomic mass is 32.2. The normalized spacial score (nSPS) is 26.6. The van der Waals surface area contributed by atoms with Crippen LogP contribution < -0.4 is 0 Å². The van der Waals surface area contributed by atoms with E-state index in [4.69, 9.17) is 0 Å². The van der Waals surface area contributed by atoms with Gasteiger partial charge in [-0.15, -0.1) is 0 Å². The summed E-state index contributed by atoms with van der Waals surface area (Å²) in [6, 6.07) is 19.6. The predicted molar refractivity (Wildman–Crippen MR) is 99.0 cm³/mol. The van der Waals surface area contributed by atoms with Crippen LogP contribution in [0.4, 0.5) is 0 Å². The molecule has 3 atom stereocenters. The van der Waals surface area contributed by atoms with Crippen LogP contribution >= 0.6 is 0 Å². The van der Waals surface area contributed by atoms with E-state index in [1.165, 1.54) is 32.7 Å². The Bertz CT molecular complexity index is 931. The summed E-state index contributed by atoms with van der Waals surface area (Å²) in [6.07, 6.45) is 5.47. The molecule has 1 saturated heterocycles. The van der Waals surface area contributed by atoms with Crippen molar-refractivity contribution in [2.24, 2.45) is 0 Å². The summed E-state index contributed by atoms with van der Waals surface area (Å²) < 4.78 is 12.4. The van der Waals surface area contributed by atoms with Gasteiger partial charge in [-0.05, 0) is 58.0 Å². The van der Waals surface area contributed by atoms with E-state index in [1.807, 2.05) is 0 Å². The highest BCUT2D eigenvalue weighted by Crippen LogP contribution is 2.42. The van der Waals surface area contributed by atoms with Gasteiger partial charge in [-0.1, -0.05) is 54.6 Å².